The van der Waals surface area contributed by atoms with Crippen molar-refractivity contribution in [1.29, 1.82) is 0 Å². The zero-order valence-electron chi connectivity index (χ0n) is 18.3. The Balaban J connectivity index is 1.84. The number of hydrogen-bond donors (Lipinski definition) is 2. The van der Waals surface area contributed by atoms with Gasteiger partial charge in [0.05, 0.1) is 13.2 Å². The first-order valence-electron chi connectivity index (χ1n) is 10.5. The molecule has 3 heterocycles. The van der Waals surface area contributed by atoms with Gasteiger partial charge in [0.15, 0.2) is 0 Å². The number of aryl methyl sites for hydroxylation is 1. The van der Waals surface area contributed by atoms with E-state index < -0.39 is 24.4 Å². The molecule has 2 amide bonds. The third-order valence-corrected chi connectivity index (χ3v) is 5.13. The molecule has 1 aliphatic rings. The molecule has 0 spiro atoms. The molecule has 1 atom stereocenters. The molecule has 1 unspecified atom stereocenters. The van der Waals surface area contributed by atoms with E-state index in [0.29, 0.717) is 29.6 Å². The normalized spacial score (nSPS) is 17.5. The summed E-state index contributed by atoms with van der Waals surface area (Å²) in [4.78, 5) is 34.3. The second kappa shape index (κ2) is 9.88. The molecule has 2 N–H and O–H groups in total. The van der Waals surface area contributed by atoms with Crippen LogP contribution < -0.4 is 15.4 Å². The van der Waals surface area contributed by atoms with Crippen molar-refractivity contribution < 1.29 is 23.1 Å². The second-order valence-corrected chi connectivity index (χ2v) is 7.72. The lowest BCUT2D eigenvalue weighted by Crippen LogP contribution is -2.55. The van der Waals surface area contributed by atoms with Gasteiger partial charge < -0.3 is 20.3 Å². The lowest BCUT2D eigenvalue weighted by molar-refractivity contribution is -0.119. The average molecular weight is 447 g/mol. The first-order valence-corrected chi connectivity index (χ1v) is 10.5. The van der Waals surface area contributed by atoms with Crippen molar-refractivity contribution in [2.24, 2.45) is 0 Å². The van der Waals surface area contributed by atoms with Crippen molar-refractivity contribution in [2.45, 2.75) is 45.6 Å². The van der Waals surface area contributed by atoms with E-state index in [9.17, 15) is 18.4 Å². The molecule has 1 fully saturated rings. The minimum atomic E-state index is -2.99. The second-order valence-electron chi connectivity index (χ2n) is 7.72. The van der Waals surface area contributed by atoms with Crippen molar-refractivity contribution >= 4 is 23.5 Å². The molecule has 0 aliphatic carbocycles. The van der Waals surface area contributed by atoms with E-state index in [1.165, 1.54) is 6.92 Å². The van der Waals surface area contributed by atoms with Gasteiger partial charge in [-0.05, 0) is 38.0 Å². The maximum absolute atomic E-state index is 14.1. The summed E-state index contributed by atoms with van der Waals surface area (Å²) in [6.07, 6.45) is 1.33. The number of carbonyl (C=O) groups is 2. The Kier molecular flexibility index (Phi) is 7.22. The quantitative estimate of drug-likeness (QED) is 0.676. The zero-order chi connectivity index (χ0) is 23.3. The van der Waals surface area contributed by atoms with Crippen LogP contribution >= 0.6 is 0 Å². The maximum Gasteiger partial charge on any atom is 0.273 e. The van der Waals surface area contributed by atoms with E-state index >= 15 is 0 Å². The lowest BCUT2D eigenvalue weighted by Gasteiger charge is -2.39. The molecule has 10 heteroatoms. The molecular formula is C22H27F2N5O3. The summed E-state index contributed by atoms with van der Waals surface area (Å²) in [5.74, 6) is -2.42. The highest BCUT2D eigenvalue weighted by molar-refractivity contribution is 5.94. The molecule has 0 saturated carbocycles. The van der Waals surface area contributed by atoms with Crippen molar-refractivity contribution in [2.75, 3.05) is 25.0 Å². The summed E-state index contributed by atoms with van der Waals surface area (Å²) < 4.78 is 33.7. The van der Waals surface area contributed by atoms with Gasteiger partial charge in [-0.2, -0.15) is 0 Å². The largest absolute Gasteiger partial charge is 0.494 e. The molecule has 0 radical (unpaired) electrons. The number of nitrogens with zero attached hydrogens (tertiary/aromatic N) is 3. The molecule has 2 aromatic heterocycles. The molecule has 1 aliphatic heterocycles. The fourth-order valence-electron chi connectivity index (χ4n) is 3.52. The first kappa shape index (κ1) is 23.4. The van der Waals surface area contributed by atoms with Gasteiger partial charge in [-0.25, -0.2) is 18.7 Å². The number of ether oxygens (including phenoxy) is 1. The van der Waals surface area contributed by atoms with Crippen molar-refractivity contribution in [3.05, 3.63) is 41.7 Å². The molecule has 0 bridgehead atoms. The van der Waals surface area contributed by atoms with Crippen molar-refractivity contribution in [3.8, 4) is 5.75 Å². The SMILES string of the molecule is CCOc1ccnc(Nc2ccc(C)c(C(=O)N3CC(F)(F)CCC3CNC(C)=O)n2)c1. The molecule has 8 nitrogen and oxygen atoms in total. The number of amides is 2. The fourth-order valence-corrected chi connectivity index (χ4v) is 3.52. The molecule has 0 aromatic carbocycles. The first-order chi connectivity index (χ1) is 15.2. The Labute approximate surface area is 185 Å². The number of hydrogen-bond acceptors (Lipinski definition) is 6. The fraction of sp³-hybridized carbons (Fsp3) is 0.455. The van der Waals surface area contributed by atoms with Crippen LogP contribution in [0.25, 0.3) is 0 Å². The van der Waals surface area contributed by atoms with Gasteiger partial charge in [-0.3, -0.25) is 9.59 Å². The molecule has 172 valence electrons. The number of aromatic nitrogens is 2. The number of halogens is 2. The minimum absolute atomic E-state index is 0.0708. The van der Waals surface area contributed by atoms with Crippen LogP contribution in [0.4, 0.5) is 20.4 Å². The van der Waals surface area contributed by atoms with E-state index in [0.717, 1.165) is 4.90 Å². The van der Waals surface area contributed by atoms with Crippen LogP contribution in [0.5, 0.6) is 5.75 Å². The van der Waals surface area contributed by atoms with Gasteiger partial charge in [0.25, 0.3) is 11.8 Å². The summed E-state index contributed by atoms with van der Waals surface area (Å²) in [7, 11) is 0. The maximum atomic E-state index is 14.1. The van der Waals surface area contributed by atoms with Gasteiger partial charge >= 0.3 is 0 Å². The van der Waals surface area contributed by atoms with Crippen molar-refractivity contribution in [1.82, 2.24) is 20.2 Å². The van der Waals surface area contributed by atoms with Crippen LogP contribution in [0, 0.1) is 6.92 Å². The van der Waals surface area contributed by atoms with Gasteiger partial charge in [0.2, 0.25) is 5.91 Å². The van der Waals surface area contributed by atoms with Gasteiger partial charge in [0.1, 0.15) is 23.1 Å². The predicted octanol–water partition coefficient (Wildman–Crippen LogP) is 3.30. The Morgan fingerprint density at radius 3 is 2.78 bits per heavy atom. The van der Waals surface area contributed by atoms with Crippen LogP contribution in [0.2, 0.25) is 0 Å². The van der Waals surface area contributed by atoms with Crippen LogP contribution in [0.15, 0.2) is 30.5 Å². The van der Waals surface area contributed by atoms with E-state index in [2.05, 4.69) is 20.6 Å². The van der Waals surface area contributed by atoms with Gasteiger partial charge in [0, 0.05) is 38.2 Å². The molecule has 32 heavy (non-hydrogen) atoms. The summed E-state index contributed by atoms with van der Waals surface area (Å²) in [6, 6.07) is 6.26. The summed E-state index contributed by atoms with van der Waals surface area (Å²) >= 11 is 0. The van der Waals surface area contributed by atoms with Crippen LogP contribution in [-0.4, -0.2) is 58.3 Å². The van der Waals surface area contributed by atoms with Crippen LogP contribution in [0.1, 0.15) is 42.7 Å². The van der Waals surface area contributed by atoms with Gasteiger partial charge in [-0.15, -0.1) is 0 Å². The van der Waals surface area contributed by atoms with Crippen LogP contribution in [0.3, 0.4) is 0 Å². The Hall–Kier alpha value is -3.30. The molecular weight excluding hydrogens is 420 g/mol. The number of pyridine rings is 2. The topological polar surface area (TPSA) is 96.5 Å². The predicted molar refractivity (Wildman–Crippen MR) is 115 cm³/mol. The highest BCUT2D eigenvalue weighted by atomic mass is 19.3. The highest BCUT2D eigenvalue weighted by Gasteiger charge is 2.42. The minimum Gasteiger partial charge on any atom is -0.494 e. The highest BCUT2D eigenvalue weighted by Crippen LogP contribution is 2.31. The number of alkyl halides is 2. The summed E-state index contributed by atoms with van der Waals surface area (Å²) in [5.41, 5.74) is 0.630. The third-order valence-electron chi connectivity index (χ3n) is 5.13. The molecule has 1 saturated heterocycles. The van der Waals surface area contributed by atoms with E-state index in [-0.39, 0.29) is 31.0 Å². The van der Waals surface area contributed by atoms with Crippen molar-refractivity contribution in [3.63, 3.8) is 0 Å². The molecule has 2 aromatic rings. The van der Waals surface area contributed by atoms with E-state index in [1.807, 2.05) is 6.92 Å². The number of anilines is 2. The summed E-state index contributed by atoms with van der Waals surface area (Å²) in [5, 5.41) is 5.64. The Morgan fingerprint density at radius 2 is 2.06 bits per heavy atom. The smallest absolute Gasteiger partial charge is 0.273 e. The van der Waals surface area contributed by atoms with Crippen LogP contribution in [-0.2, 0) is 4.79 Å². The zero-order valence-corrected chi connectivity index (χ0v) is 18.3. The standard InChI is InChI=1S/C22H27F2N5O3/c1-4-32-17-8-10-25-19(11-17)27-18-6-5-14(2)20(28-18)21(31)29-13-22(23,24)9-7-16(29)12-26-15(3)30/h5-6,8,10-11,16H,4,7,9,12-13H2,1-3H3,(H,26,30)(H,25,27,28). The lowest BCUT2D eigenvalue weighted by atomic mass is 9.98. The number of piperidine rings is 1. The number of likely N-dealkylation sites (tertiary alicyclic amines) is 1. The average Bonchev–Trinajstić information content (AvgIpc) is 2.74. The van der Waals surface area contributed by atoms with E-state index in [4.69, 9.17) is 4.74 Å². The number of nitrogens with one attached hydrogen (secondary N) is 2. The molecule has 3 rings (SSSR count). The summed E-state index contributed by atoms with van der Waals surface area (Å²) in [6.45, 7) is 4.82. The monoisotopic (exact) mass is 447 g/mol. The third kappa shape index (κ3) is 5.89. The number of rotatable bonds is 7. The Bertz CT molecular complexity index is 986. The van der Waals surface area contributed by atoms with E-state index in [1.54, 1.807) is 37.4 Å². The number of carbonyl (C=O) groups excluding carboxylic acids is 2. The Morgan fingerprint density at radius 1 is 1.28 bits per heavy atom. The van der Waals surface area contributed by atoms with Gasteiger partial charge in [-0.1, -0.05) is 6.07 Å².